The first kappa shape index (κ1) is 12.0. The molecule has 0 aromatic heterocycles. The molecular formula is C12H20N2O. The number of nitrogens with zero attached hydrogens (tertiary/aromatic N) is 1. The van der Waals surface area contributed by atoms with E-state index in [0.717, 1.165) is 38.0 Å². The molecule has 2 saturated heterocycles. The molecule has 0 aromatic rings. The molecule has 2 aliphatic heterocycles. The summed E-state index contributed by atoms with van der Waals surface area (Å²) >= 11 is 0. The maximum atomic E-state index is 11.8. The first-order valence-corrected chi connectivity index (χ1v) is 5.30. The molecule has 1 spiro atoms. The van der Waals surface area contributed by atoms with E-state index in [0.29, 0.717) is 0 Å². The number of hydrogen-bond donors (Lipinski definition) is 1. The van der Waals surface area contributed by atoms with Gasteiger partial charge in [0.05, 0.1) is 5.41 Å². The van der Waals surface area contributed by atoms with Gasteiger partial charge in [-0.15, -0.1) is 13.2 Å². The number of allylic oxidation sites excluding steroid dienone is 1. The fourth-order valence-corrected chi connectivity index (χ4v) is 2.33. The molecule has 1 amide bonds. The van der Waals surface area contributed by atoms with Gasteiger partial charge in [-0.1, -0.05) is 6.58 Å². The number of nitrogens with one attached hydrogen (secondary N) is 1. The summed E-state index contributed by atoms with van der Waals surface area (Å²) < 4.78 is 0. The van der Waals surface area contributed by atoms with Crippen LogP contribution in [0, 0.1) is 5.41 Å². The van der Waals surface area contributed by atoms with Gasteiger partial charge in [0, 0.05) is 12.2 Å². The van der Waals surface area contributed by atoms with E-state index < -0.39 is 0 Å². The van der Waals surface area contributed by atoms with E-state index >= 15 is 0 Å². The SMILES string of the molecule is C=C.C=C1CCC2(CCN(C)C2)C(=O)N1. The smallest absolute Gasteiger partial charge is 0.231 e. The van der Waals surface area contributed by atoms with Crippen molar-refractivity contribution in [1.82, 2.24) is 10.2 Å². The fraction of sp³-hybridized carbons (Fsp3) is 0.583. The molecule has 1 atom stereocenters. The predicted octanol–water partition coefficient (Wildman–Crippen LogP) is 1.53. The zero-order chi connectivity index (χ0) is 11.5. The average molecular weight is 208 g/mol. The predicted molar refractivity (Wildman–Crippen MR) is 62.3 cm³/mol. The second-order valence-electron chi connectivity index (χ2n) is 4.33. The minimum atomic E-state index is -0.101. The molecule has 1 unspecified atom stereocenters. The Morgan fingerprint density at radius 1 is 1.40 bits per heavy atom. The maximum Gasteiger partial charge on any atom is 0.231 e. The first-order chi connectivity index (χ1) is 7.12. The van der Waals surface area contributed by atoms with Gasteiger partial charge in [0.2, 0.25) is 5.91 Å². The largest absolute Gasteiger partial charge is 0.330 e. The number of rotatable bonds is 0. The lowest BCUT2D eigenvalue weighted by Gasteiger charge is -2.32. The van der Waals surface area contributed by atoms with Crippen molar-refractivity contribution in [1.29, 1.82) is 0 Å². The highest BCUT2D eigenvalue weighted by Gasteiger charge is 2.45. The van der Waals surface area contributed by atoms with Crippen LogP contribution in [0.25, 0.3) is 0 Å². The summed E-state index contributed by atoms with van der Waals surface area (Å²) in [7, 11) is 2.07. The van der Waals surface area contributed by atoms with E-state index in [-0.39, 0.29) is 11.3 Å². The van der Waals surface area contributed by atoms with Crippen LogP contribution in [0.1, 0.15) is 19.3 Å². The van der Waals surface area contributed by atoms with E-state index in [1.807, 2.05) is 0 Å². The van der Waals surface area contributed by atoms with Crippen LogP contribution < -0.4 is 5.32 Å². The molecule has 2 fully saturated rings. The zero-order valence-corrected chi connectivity index (χ0v) is 9.51. The molecule has 0 radical (unpaired) electrons. The Hall–Kier alpha value is -1.09. The molecule has 0 saturated carbocycles. The maximum absolute atomic E-state index is 11.8. The summed E-state index contributed by atoms with van der Waals surface area (Å²) in [5, 5.41) is 2.87. The molecule has 1 N–H and O–H groups in total. The Kier molecular flexibility index (Phi) is 3.69. The Balaban J connectivity index is 0.000000531. The van der Waals surface area contributed by atoms with Crippen LogP contribution in [0.2, 0.25) is 0 Å². The van der Waals surface area contributed by atoms with Gasteiger partial charge in [-0.3, -0.25) is 4.79 Å². The number of likely N-dealkylation sites (tertiary alicyclic amines) is 1. The van der Waals surface area contributed by atoms with Crippen LogP contribution in [-0.4, -0.2) is 30.9 Å². The van der Waals surface area contributed by atoms with Crippen molar-refractivity contribution in [3.8, 4) is 0 Å². The molecule has 2 rings (SSSR count). The van der Waals surface area contributed by atoms with Gasteiger partial charge in [0.25, 0.3) is 0 Å². The van der Waals surface area contributed by atoms with E-state index in [4.69, 9.17) is 0 Å². The van der Waals surface area contributed by atoms with Crippen molar-refractivity contribution < 1.29 is 4.79 Å². The van der Waals surface area contributed by atoms with Gasteiger partial charge < -0.3 is 10.2 Å². The van der Waals surface area contributed by atoms with Gasteiger partial charge >= 0.3 is 0 Å². The lowest BCUT2D eigenvalue weighted by Crippen LogP contribution is -2.45. The summed E-state index contributed by atoms with van der Waals surface area (Å²) in [6.07, 6.45) is 2.92. The molecule has 2 aliphatic rings. The second-order valence-corrected chi connectivity index (χ2v) is 4.33. The van der Waals surface area contributed by atoms with Crippen LogP contribution in [0.5, 0.6) is 0 Å². The molecule has 84 valence electrons. The Morgan fingerprint density at radius 2 is 2.07 bits per heavy atom. The molecule has 3 nitrogen and oxygen atoms in total. The third-order valence-corrected chi connectivity index (χ3v) is 3.22. The number of carbonyl (C=O) groups excluding carboxylic acids is 1. The topological polar surface area (TPSA) is 32.3 Å². The summed E-state index contributed by atoms with van der Waals surface area (Å²) in [6.45, 7) is 11.7. The molecule has 0 bridgehead atoms. The fourth-order valence-electron chi connectivity index (χ4n) is 2.33. The van der Waals surface area contributed by atoms with E-state index in [2.05, 4.69) is 37.0 Å². The van der Waals surface area contributed by atoms with Crippen molar-refractivity contribution in [3.05, 3.63) is 25.4 Å². The molecule has 2 heterocycles. The van der Waals surface area contributed by atoms with Crippen molar-refractivity contribution in [3.63, 3.8) is 0 Å². The van der Waals surface area contributed by atoms with Gasteiger partial charge in [-0.2, -0.15) is 0 Å². The zero-order valence-electron chi connectivity index (χ0n) is 9.51. The molecule has 0 aliphatic carbocycles. The number of piperidine rings is 1. The Bertz CT molecular complexity index is 275. The average Bonchev–Trinajstić information content (AvgIpc) is 2.60. The minimum Gasteiger partial charge on any atom is -0.330 e. The second kappa shape index (κ2) is 4.62. The summed E-state index contributed by atoms with van der Waals surface area (Å²) in [4.78, 5) is 14.0. The van der Waals surface area contributed by atoms with E-state index in [9.17, 15) is 4.79 Å². The van der Waals surface area contributed by atoms with Crippen LogP contribution >= 0.6 is 0 Å². The van der Waals surface area contributed by atoms with Gasteiger partial charge in [0.15, 0.2) is 0 Å². The normalized spacial score (nSPS) is 31.0. The lowest BCUT2D eigenvalue weighted by atomic mass is 9.78. The first-order valence-electron chi connectivity index (χ1n) is 5.30. The highest BCUT2D eigenvalue weighted by molar-refractivity contribution is 5.85. The van der Waals surface area contributed by atoms with Crippen molar-refractivity contribution in [2.75, 3.05) is 20.1 Å². The number of hydrogen-bond acceptors (Lipinski definition) is 2. The number of amides is 1. The number of carbonyl (C=O) groups is 1. The van der Waals surface area contributed by atoms with Crippen LogP contribution in [0.15, 0.2) is 25.4 Å². The van der Waals surface area contributed by atoms with E-state index in [1.165, 1.54) is 0 Å². The molecule has 0 aromatic carbocycles. The standard InChI is InChI=1S/C10H16N2O.C2H4/c1-8-3-4-10(9(13)11-8)5-6-12(2)7-10;1-2/h1,3-7H2,2H3,(H,11,13);1-2H2. The minimum absolute atomic E-state index is 0.101. The van der Waals surface area contributed by atoms with Crippen LogP contribution in [-0.2, 0) is 4.79 Å². The summed E-state index contributed by atoms with van der Waals surface area (Å²) in [6, 6.07) is 0. The molecule has 3 heteroatoms. The van der Waals surface area contributed by atoms with Gasteiger partial charge in [-0.25, -0.2) is 0 Å². The van der Waals surface area contributed by atoms with Crippen molar-refractivity contribution >= 4 is 5.91 Å². The summed E-state index contributed by atoms with van der Waals surface area (Å²) in [5.41, 5.74) is 0.779. The van der Waals surface area contributed by atoms with Crippen molar-refractivity contribution in [2.45, 2.75) is 19.3 Å². The Morgan fingerprint density at radius 3 is 2.53 bits per heavy atom. The monoisotopic (exact) mass is 208 g/mol. The van der Waals surface area contributed by atoms with Gasteiger partial charge in [0.1, 0.15) is 0 Å². The Labute approximate surface area is 91.8 Å². The quantitative estimate of drug-likeness (QED) is 0.612. The van der Waals surface area contributed by atoms with Crippen LogP contribution in [0.3, 0.4) is 0 Å². The summed E-state index contributed by atoms with van der Waals surface area (Å²) in [5.74, 6) is 0.188. The lowest BCUT2D eigenvalue weighted by molar-refractivity contribution is -0.131. The molecular weight excluding hydrogens is 188 g/mol. The highest BCUT2D eigenvalue weighted by Crippen LogP contribution is 2.38. The van der Waals surface area contributed by atoms with Gasteiger partial charge in [-0.05, 0) is 32.9 Å². The van der Waals surface area contributed by atoms with Crippen LogP contribution in [0.4, 0.5) is 0 Å². The highest BCUT2D eigenvalue weighted by atomic mass is 16.2. The molecule has 15 heavy (non-hydrogen) atoms. The van der Waals surface area contributed by atoms with Crippen molar-refractivity contribution in [2.24, 2.45) is 5.41 Å². The van der Waals surface area contributed by atoms with E-state index in [1.54, 1.807) is 0 Å². The third kappa shape index (κ3) is 2.29. The third-order valence-electron chi connectivity index (χ3n) is 3.22.